The van der Waals surface area contributed by atoms with Crippen LogP contribution in [0, 0.1) is 5.82 Å². The van der Waals surface area contributed by atoms with Crippen LogP contribution in [0.1, 0.15) is 34.7 Å². The molecule has 1 fully saturated rings. The Morgan fingerprint density at radius 2 is 1.76 bits per heavy atom. The number of sulfonamides is 1. The molecule has 0 atom stereocenters. The van der Waals surface area contributed by atoms with Gasteiger partial charge in [0.05, 0.1) is 17.3 Å². The molecule has 10 heteroatoms. The van der Waals surface area contributed by atoms with Crippen LogP contribution < -0.4 is 4.72 Å². The van der Waals surface area contributed by atoms with Crippen molar-refractivity contribution < 1.29 is 17.6 Å². The lowest BCUT2D eigenvalue weighted by atomic mass is 10.0. The van der Waals surface area contributed by atoms with E-state index in [1.807, 2.05) is 24.3 Å². The van der Waals surface area contributed by atoms with Gasteiger partial charge in [-0.05, 0) is 60.7 Å². The van der Waals surface area contributed by atoms with E-state index in [1.54, 1.807) is 16.9 Å². The number of hydrogen-bond donors (Lipinski definition) is 1. The molecule has 1 aliphatic carbocycles. The van der Waals surface area contributed by atoms with Gasteiger partial charge in [-0.1, -0.05) is 41.4 Å². The fourth-order valence-corrected chi connectivity index (χ4v) is 4.71. The van der Waals surface area contributed by atoms with Gasteiger partial charge in [-0.2, -0.15) is 5.10 Å². The highest BCUT2D eigenvalue weighted by Crippen LogP contribution is 2.42. The first-order valence-electron chi connectivity index (χ1n) is 10.4. The summed E-state index contributed by atoms with van der Waals surface area (Å²) in [4.78, 5) is 12.4. The van der Waals surface area contributed by atoms with Crippen molar-refractivity contribution in [2.24, 2.45) is 0 Å². The van der Waals surface area contributed by atoms with E-state index in [9.17, 15) is 13.2 Å². The third-order valence-electron chi connectivity index (χ3n) is 5.64. The van der Waals surface area contributed by atoms with E-state index in [-0.39, 0.29) is 10.7 Å². The third-order valence-corrected chi connectivity index (χ3v) is 6.67. The van der Waals surface area contributed by atoms with Crippen LogP contribution in [-0.2, 0) is 10.0 Å². The quantitative estimate of drug-likeness (QED) is 0.367. The molecule has 1 saturated carbocycles. The summed E-state index contributed by atoms with van der Waals surface area (Å²) >= 11 is 12.3. The SMILES string of the molecule is CS(=O)(=O)NC(=O)c1cc(Cl)cc(-n2nc(-c3ccc(Cl)cc3)c3cc(C4CC4)ccc32)c1F. The number of amides is 1. The Labute approximate surface area is 205 Å². The second kappa shape index (κ2) is 8.37. The number of hydrogen-bond acceptors (Lipinski definition) is 4. The number of fused-ring (bicyclic) bond motifs is 1. The molecule has 0 unspecified atom stereocenters. The van der Waals surface area contributed by atoms with Gasteiger partial charge in [-0.25, -0.2) is 22.2 Å². The Hall–Kier alpha value is -2.94. The van der Waals surface area contributed by atoms with Gasteiger partial charge in [-0.3, -0.25) is 4.79 Å². The normalized spacial score (nSPS) is 13.9. The summed E-state index contributed by atoms with van der Waals surface area (Å²) in [6, 6.07) is 15.5. The Morgan fingerprint density at radius 1 is 1.06 bits per heavy atom. The predicted molar refractivity (Wildman–Crippen MR) is 131 cm³/mol. The maximum Gasteiger partial charge on any atom is 0.267 e. The first-order chi connectivity index (χ1) is 16.1. The molecule has 1 aliphatic rings. The van der Waals surface area contributed by atoms with Crippen LogP contribution in [0.2, 0.25) is 10.0 Å². The average Bonchev–Trinajstić information content (AvgIpc) is 3.55. The molecule has 1 aromatic heterocycles. The van der Waals surface area contributed by atoms with Crippen molar-refractivity contribution in [2.45, 2.75) is 18.8 Å². The summed E-state index contributed by atoms with van der Waals surface area (Å²) in [6.45, 7) is 0. The lowest BCUT2D eigenvalue weighted by Crippen LogP contribution is -2.30. The third kappa shape index (κ3) is 4.41. The van der Waals surface area contributed by atoms with Crippen LogP contribution in [0.15, 0.2) is 54.6 Å². The molecule has 4 aromatic rings. The van der Waals surface area contributed by atoms with Gasteiger partial charge in [0, 0.05) is 21.0 Å². The van der Waals surface area contributed by atoms with Gasteiger partial charge in [0.25, 0.3) is 5.91 Å². The number of nitrogens with one attached hydrogen (secondary N) is 1. The van der Waals surface area contributed by atoms with Crippen molar-refractivity contribution in [3.63, 3.8) is 0 Å². The standard InChI is InChI=1S/C24H18Cl2FN3O3S/c1-34(32,33)29-24(31)19-11-17(26)12-21(22(19)27)30-20-9-6-15(13-2-3-13)10-18(20)23(28-30)14-4-7-16(25)8-5-14/h4-13H,2-3H2,1H3,(H,29,31). The van der Waals surface area contributed by atoms with E-state index >= 15 is 4.39 Å². The van der Waals surface area contributed by atoms with Crippen molar-refractivity contribution in [3.8, 4) is 16.9 Å². The zero-order valence-corrected chi connectivity index (χ0v) is 20.2. The van der Waals surface area contributed by atoms with Gasteiger partial charge >= 0.3 is 0 Å². The second-order valence-corrected chi connectivity index (χ2v) is 10.9. The first-order valence-corrected chi connectivity index (χ1v) is 13.1. The van der Waals surface area contributed by atoms with Gasteiger partial charge in [-0.15, -0.1) is 0 Å². The smallest absolute Gasteiger partial charge is 0.267 e. The van der Waals surface area contributed by atoms with Crippen molar-refractivity contribution in [3.05, 3.63) is 81.6 Å². The highest BCUT2D eigenvalue weighted by Gasteiger charge is 2.26. The minimum atomic E-state index is -3.90. The molecule has 1 amide bonds. The van der Waals surface area contributed by atoms with Gasteiger partial charge in [0.1, 0.15) is 11.4 Å². The summed E-state index contributed by atoms with van der Waals surface area (Å²) in [7, 11) is -3.90. The largest absolute Gasteiger partial charge is 0.268 e. The number of carbonyl (C=O) groups is 1. The highest BCUT2D eigenvalue weighted by atomic mass is 35.5. The molecule has 0 spiro atoms. The zero-order valence-electron chi connectivity index (χ0n) is 17.8. The summed E-state index contributed by atoms with van der Waals surface area (Å²) in [6.07, 6.45) is 3.06. The Morgan fingerprint density at radius 3 is 2.41 bits per heavy atom. The molecule has 0 aliphatic heterocycles. The zero-order chi connectivity index (χ0) is 24.2. The summed E-state index contributed by atoms with van der Waals surface area (Å²) < 4.78 is 41.7. The van der Waals surface area contributed by atoms with Crippen LogP contribution in [0.4, 0.5) is 4.39 Å². The van der Waals surface area contributed by atoms with Crippen molar-refractivity contribution >= 4 is 50.0 Å². The molecule has 0 bridgehead atoms. The fraction of sp³-hybridized carbons (Fsp3) is 0.167. The fourth-order valence-electron chi connectivity index (χ4n) is 3.93. The molecule has 0 saturated heterocycles. The van der Waals surface area contributed by atoms with E-state index in [2.05, 4.69) is 11.2 Å². The van der Waals surface area contributed by atoms with Crippen LogP contribution in [0.5, 0.6) is 0 Å². The Balaban J connectivity index is 1.73. The van der Waals surface area contributed by atoms with Crippen LogP contribution in [0.25, 0.3) is 27.8 Å². The monoisotopic (exact) mass is 517 g/mol. The van der Waals surface area contributed by atoms with Crippen LogP contribution >= 0.6 is 23.2 Å². The molecule has 3 aromatic carbocycles. The maximum atomic E-state index is 15.6. The van der Waals surface area contributed by atoms with Gasteiger partial charge < -0.3 is 0 Å². The summed E-state index contributed by atoms with van der Waals surface area (Å²) in [5, 5.41) is 6.13. The van der Waals surface area contributed by atoms with Crippen molar-refractivity contribution in [1.29, 1.82) is 0 Å². The molecule has 174 valence electrons. The molecular formula is C24H18Cl2FN3O3S. The summed E-state index contributed by atoms with van der Waals surface area (Å²) in [5.41, 5.74) is 2.64. The number of nitrogens with zero attached hydrogens (tertiary/aromatic N) is 2. The number of benzene rings is 3. The minimum Gasteiger partial charge on any atom is -0.268 e. The van der Waals surface area contributed by atoms with Crippen LogP contribution in [0.3, 0.4) is 0 Å². The lowest BCUT2D eigenvalue weighted by molar-refractivity contribution is 0.0977. The van der Waals surface area contributed by atoms with Gasteiger partial charge in [0.15, 0.2) is 5.82 Å². The molecule has 1 N–H and O–H groups in total. The molecule has 0 radical (unpaired) electrons. The van der Waals surface area contributed by atoms with E-state index in [1.165, 1.54) is 16.3 Å². The topological polar surface area (TPSA) is 81.1 Å². The molecule has 6 nitrogen and oxygen atoms in total. The lowest BCUT2D eigenvalue weighted by Gasteiger charge is -2.11. The molecule has 5 rings (SSSR count). The predicted octanol–water partition coefficient (Wildman–Crippen LogP) is 5.71. The highest BCUT2D eigenvalue weighted by molar-refractivity contribution is 7.89. The Bertz CT molecular complexity index is 1560. The number of halogens is 3. The van der Waals surface area contributed by atoms with E-state index in [0.717, 1.165) is 36.1 Å². The summed E-state index contributed by atoms with van der Waals surface area (Å²) in [5.74, 6) is -1.56. The molecule has 34 heavy (non-hydrogen) atoms. The van der Waals surface area contributed by atoms with Crippen molar-refractivity contribution in [2.75, 3.05) is 6.26 Å². The van der Waals surface area contributed by atoms with E-state index in [0.29, 0.717) is 22.2 Å². The number of aromatic nitrogens is 2. The van der Waals surface area contributed by atoms with E-state index < -0.39 is 27.3 Å². The van der Waals surface area contributed by atoms with E-state index in [4.69, 9.17) is 23.2 Å². The Kier molecular flexibility index (Phi) is 5.62. The van der Waals surface area contributed by atoms with Crippen LogP contribution in [-0.4, -0.2) is 30.4 Å². The van der Waals surface area contributed by atoms with Gasteiger partial charge in [0.2, 0.25) is 10.0 Å². The number of carbonyl (C=O) groups excluding carboxylic acids is 1. The first kappa shape index (κ1) is 22.8. The minimum absolute atomic E-state index is 0.0568. The average molecular weight is 518 g/mol. The molecular weight excluding hydrogens is 500 g/mol. The second-order valence-electron chi connectivity index (χ2n) is 8.31. The molecule has 1 heterocycles. The van der Waals surface area contributed by atoms with Crippen molar-refractivity contribution in [1.82, 2.24) is 14.5 Å². The maximum absolute atomic E-state index is 15.6. The number of rotatable bonds is 5.